The van der Waals surface area contributed by atoms with Gasteiger partial charge in [-0.15, -0.1) is 0 Å². The molecule has 1 aromatic heterocycles. The molecule has 5 heteroatoms. The first-order chi connectivity index (χ1) is 13.4. The normalized spacial score (nSPS) is 11.2. The summed E-state index contributed by atoms with van der Waals surface area (Å²) < 4.78 is 5.30. The SMILES string of the molecule is Cc1ccc(C(=O)N/C(=C\c2ccco2)C(=O)Nc2cc(C)ccc2C)cc1. The fraction of sp³-hybridized carbons (Fsp3) is 0.130. The second-order valence-electron chi connectivity index (χ2n) is 6.67. The number of aryl methyl sites for hydroxylation is 3. The van der Waals surface area contributed by atoms with Crippen LogP contribution in [0.2, 0.25) is 0 Å². The zero-order valence-electron chi connectivity index (χ0n) is 16.1. The summed E-state index contributed by atoms with van der Waals surface area (Å²) in [6.07, 6.45) is 3.01. The third-order valence-corrected chi connectivity index (χ3v) is 4.28. The van der Waals surface area contributed by atoms with Crippen molar-refractivity contribution < 1.29 is 14.0 Å². The van der Waals surface area contributed by atoms with Gasteiger partial charge in [0.2, 0.25) is 0 Å². The first-order valence-corrected chi connectivity index (χ1v) is 8.94. The number of nitrogens with one attached hydrogen (secondary N) is 2. The molecular weight excluding hydrogens is 352 g/mol. The standard InChI is InChI=1S/C23H22N2O3/c1-15-7-10-18(11-8-15)22(26)25-21(14-19-5-4-12-28-19)23(27)24-20-13-16(2)6-9-17(20)3/h4-14H,1-3H3,(H,24,27)(H,25,26)/b21-14-. The van der Waals surface area contributed by atoms with Crippen LogP contribution in [0.5, 0.6) is 0 Å². The number of anilines is 1. The summed E-state index contributed by atoms with van der Waals surface area (Å²) in [5.41, 5.74) is 4.27. The van der Waals surface area contributed by atoms with E-state index in [1.165, 1.54) is 12.3 Å². The lowest BCUT2D eigenvalue weighted by Crippen LogP contribution is -2.30. The molecule has 0 saturated heterocycles. The lowest BCUT2D eigenvalue weighted by molar-refractivity contribution is -0.113. The Hall–Kier alpha value is -3.60. The molecule has 0 bridgehead atoms. The second kappa shape index (κ2) is 8.39. The summed E-state index contributed by atoms with van der Waals surface area (Å²) in [7, 11) is 0. The summed E-state index contributed by atoms with van der Waals surface area (Å²) in [4.78, 5) is 25.5. The Morgan fingerprint density at radius 1 is 0.929 bits per heavy atom. The van der Waals surface area contributed by atoms with Gasteiger partial charge in [0.25, 0.3) is 11.8 Å². The smallest absolute Gasteiger partial charge is 0.272 e. The number of amides is 2. The van der Waals surface area contributed by atoms with E-state index in [0.717, 1.165) is 16.7 Å². The largest absolute Gasteiger partial charge is 0.465 e. The third kappa shape index (κ3) is 4.76. The molecule has 0 spiro atoms. The van der Waals surface area contributed by atoms with Gasteiger partial charge in [0.05, 0.1) is 6.26 Å². The molecule has 0 aliphatic heterocycles. The average Bonchev–Trinajstić information content (AvgIpc) is 3.17. The average molecular weight is 374 g/mol. The Kier molecular flexibility index (Phi) is 5.75. The van der Waals surface area contributed by atoms with Gasteiger partial charge < -0.3 is 15.1 Å². The lowest BCUT2D eigenvalue weighted by Gasteiger charge is -2.13. The summed E-state index contributed by atoms with van der Waals surface area (Å²) in [6.45, 7) is 5.81. The van der Waals surface area contributed by atoms with E-state index in [2.05, 4.69) is 10.6 Å². The Labute approximate surface area is 164 Å². The molecule has 0 aliphatic carbocycles. The molecular formula is C23H22N2O3. The molecule has 142 valence electrons. The number of hydrogen-bond acceptors (Lipinski definition) is 3. The molecule has 1 heterocycles. The first-order valence-electron chi connectivity index (χ1n) is 8.94. The van der Waals surface area contributed by atoms with E-state index < -0.39 is 5.91 Å². The van der Waals surface area contributed by atoms with Gasteiger partial charge in [-0.2, -0.15) is 0 Å². The van der Waals surface area contributed by atoms with Crippen molar-refractivity contribution >= 4 is 23.6 Å². The number of furan rings is 1. The zero-order valence-corrected chi connectivity index (χ0v) is 16.1. The van der Waals surface area contributed by atoms with Crippen molar-refractivity contribution in [3.8, 4) is 0 Å². The topological polar surface area (TPSA) is 71.3 Å². The van der Waals surface area contributed by atoms with Crippen LogP contribution in [0, 0.1) is 20.8 Å². The van der Waals surface area contributed by atoms with Crippen molar-refractivity contribution in [2.24, 2.45) is 0 Å². The lowest BCUT2D eigenvalue weighted by atomic mass is 10.1. The summed E-state index contributed by atoms with van der Waals surface area (Å²) >= 11 is 0. The van der Waals surface area contributed by atoms with Gasteiger partial charge in [0, 0.05) is 17.3 Å². The number of benzene rings is 2. The summed E-state index contributed by atoms with van der Waals surface area (Å²) in [5, 5.41) is 5.56. The Morgan fingerprint density at radius 3 is 2.32 bits per heavy atom. The quantitative estimate of drug-likeness (QED) is 0.641. The molecule has 0 atom stereocenters. The molecule has 28 heavy (non-hydrogen) atoms. The third-order valence-electron chi connectivity index (χ3n) is 4.28. The van der Waals surface area contributed by atoms with Gasteiger partial charge in [0.15, 0.2) is 0 Å². The van der Waals surface area contributed by atoms with E-state index in [-0.39, 0.29) is 11.6 Å². The molecule has 0 unspecified atom stereocenters. The van der Waals surface area contributed by atoms with Crippen LogP contribution in [-0.4, -0.2) is 11.8 Å². The number of carbonyl (C=O) groups is 2. The Balaban J connectivity index is 1.86. The monoisotopic (exact) mass is 374 g/mol. The number of hydrogen-bond donors (Lipinski definition) is 2. The summed E-state index contributed by atoms with van der Waals surface area (Å²) in [6, 6.07) is 16.4. The fourth-order valence-electron chi connectivity index (χ4n) is 2.63. The minimum Gasteiger partial charge on any atom is -0.465 e. The molecule has 3 aromatic rings. The molecule has 2 N–H and O–H groups in total. The predicted octanol–water partition coefficient (Wildman–Crippen LogP) is 4.61. The van der Waals surface area contributed by atoms with Crippen LogP contribution in [0.15, 0.2) is 71.0 Å². The van der Waals surface area contributed by atoms with Gasteiger partial charge >= 0.3 is 0 Å². The van der Waals surface area contributed by atoms with E-state index in [1.54, 1.807) is 24.3 Å². The molecule has 0 fully saturated rings. The van der Waals surface area contributed by atoms with E-state index in [9.17, 15) is 9.59 Å². The van der Waals surface area contributed by atoms with Crippen molar-refractivity contribution in [2.45, 2.75) is 20.8 Å². The van der Waals surface area contributed by atoms with Gasteiger partial charge in [-0.1, -0.05) is 29.8 Å². The Morgan fingerprint density at radius 2 is 1.64 bits per heavy atom. The highest BCUT2D eigenvalue weighted by molar-refractivity contribution is 6.10. The molecule has 5 nitrogen and oxygen atoms in total. The van der Waals surface area contributed by atoms with E-state index in [4.69, 9.17) is 4.42 Å². The van der Waals surface area contributed by atoms with Crippen molar-refractivity contribution in [3.63, 3.8) is 0 Å². The van der Waals surface area contributed by atoms with E-state index in [0.29, 0.717) is 17.0 Å². The molecule has 2 amide bonds. The van der Waals surface area contributed by atoms with Crippen LogP contribution in [0.1, 0.15) is 32.8 Å². The maximum Gasteiger partial charge on any atom is 0.272 e. The van der Waals surface area contributed by atoms with Crippen LogP contribution in [0.4, 0.5) is 5.69 Å². The predicted molar refractivity (Wildman–Crippen MR) is 110 cm³/mol. The van der Waals surface area contributed by atoms with Crippen molar-refractivity contribution in [3.05, 3.63) is 94.6 Å². The van der Waals surface area contributed by atoms with E-state index >= 15 is 0 Å². The van der Waals surface area contributed by atoms with Crippen LogP contribution in [0.25, 0.3) is 6.08 Å². The molecule has 2 aromatic carbocycles. The molecule has 0 aliphatic rings. The molecule has 3 rings (SSSR count). The minimum atomic E-state index is -0.425. The van der Waals surface area contributed by atoms with Crippen LogP contribution in [0.3, 0.4) is 0 Å². The maximum atomic E-state index is 12.9. The molecule has 0 radical (unpaired) electrons. The van der Waals surface area contributed by atoms with Crippen molar-refractivity contribution in [2.75, 3.05) is 5.32 Å². The Bertz CT molecular complexity index is 1020. The highest BCUT2D eigenvalue weighted by atomic mass is 16.3. The van der Waals surface area contributed by atoms with Crippen LogP contribution < -0.4 is 10.6 Å². The minimum absolute atomic E-state index is 0.0985. The van der Waals surface area contributed by atoms with Crippen molar-refractivity contribution in [1.29, 1.82) is 0 Å². The van der Waals surface area contributed by atoms with Crippen LogP contribution in [-0.2, 0) is 4.79 Å². The highest BCUT2D eigenvalue weighted by Crippen LogP contribution is 2.18. The van der Waals surface area contributed by atoms with Gasteiger partial charge in [-0.3, -0.25) is 9.59 Å². The van der Waals surface area contributed by atoms with Gasteiger partial charge in [0.1, 0.15) is 11.5 Å². The number of rotatable bonds is 5. The number of carbonyl (C=O) groups excluding carboxylic acids is 2. The highest BCUT2D eigenvalue weighted by Gasteiger charge is 2.16. The van der Waals surface area contributed by atoms with E-state index in [1.807, 2.05) is 51.1 Å². The maximum absolute atomic E-state index is 12.9. The van der Waals surface area contributed by atoms with Crippen LogP contribution >= 0.6 is 0 Å². The van der Waals surface area contributed by atoms with Crippen molar-refractivity contribution in [1.82, 2.24) is 5.32 Å². The summed E-state index contributed by atoms with van der Waals surface area (Å²) in [5.74, 6) is -0.324. The fourth-order valence-corrected chi connectivity index (χ4v) is 2.63. The zero-order chi connectivity index (χ0) is 20.1. The molecule has 0 saturated carbocycles. The van der Waals surface area contributed by atoms with Gasteiger partial charge in [-0.05, 0) is 62.2 Å². The van der Waals surface area contributed by atoms with Gasteiger partial charge in [-0.25, -0.2) is 0 Å². The second-order valence-corrected chi connectivity index (χ2v) is 6.67. The first kappa shape index (κ1) is 19.2.